The van der Waals surface area contributed by atoms with Gasteiger partial charge in [-0.15, -0.1) is 0 Å². The van der Waals surface area contributed by atoms with Gasteiger partial charge in [0.15, 0.2) is 0 Å². The van der Waals surface area contributed by atoms with Crippen LogP contribution in [0, 0.1) is 28.6 Å². The van der Waals surface area contributed by atoms with E-state index in [1.807, 2.05) is 0 Å². The summed E-state index contributed by atoms with van der Waals surface area (Å²) in [5, 5.41) is 0. The van der Waals surface area contributed by atoms with Gasteiger partial charge in [-0.05, 0) is 47.8 Å². The van der Waals surface area contributed by atoms with Crippen LogP contribution >= 0.6 is 0 Å². The lowest BCUT2D eigenvalue weighted by atomic mass is 9.60. The molecule has 0 aromatic heterocycles. The summed E-state index contributed by atoms with van der Waals surface area (Å²) >= 11 is 0. The topological polar surface area (TPSA) is 0 Å². The first-order valence-corrected chi connectivity index (χ1v) is 8.61. The van der Waals surface area contributed by atoms with Crippen molar-refractivity contribution in [2.45, 2.75) is 94.4 Å². The molecule has 0 spiro atoms. The Morgan fingerprint density at radius 2 is 1.37 bits per heavy atom. The van der Waals surface area contributed by atoms with E-state index in [2.05, 4.69) is 62.3 Å². The Hall–Kier alpha value is 0. The van der Waals surface area contributed by atoms with Crippen LogP contribution in [0.1, 0.15) is 94.4 Å². The second-order valence-electron chi connectivity index (χ2n) is 8.27. The molecule has 19 heavy (non-hydrogen) atoms. The van der Waals surface area contributed by atoms with Crippen molar-refractivity contribution in [3.63, 3.8) is 0 Å². The van der Waals surface area contributed by atoms with Gasteiger partial charge in [0.1, 0.15) is 0 Å². The van der Waals surface area contributed by atoms with Crippen molar-refractivity contribution < 1.29 is 0 Å². The lowest BCUT2D eigenvalue weighted by Crippen LogP contribution is -2.36. The minimum atomic E-state index is 0.498. The maximum absolute atomic E-state index is 2.54. The molecule has 0 radical (unpaired) electrons. The molecule has 0 heterocycles. The highest BCUT2D eigenvalue weighted by Crippen LogP contribution is 2.49. The third kappa shape index (κ3) is 5.48. The summed E-state index contributed by atoms with van der Waals surface area (Å²) in [5.74, 6) is 2.43. The van der Waals surface area contributed by atoms with Gasteiger partial charge in [-0.3, -0.25) is 0 Å². The second-order valence-corrected chi connectivity index (χ2v) is 8.27. The van der Waals surface area contributed by atoms with E-state index in [0.29, 0.717) is 10.8 Å². The van der Waals surface area contributed by atoms with Crippen LogP contribution in [0.5, 0.6) is 0 Å². The quantitative estimate of drug-likeness (QED) is 0.425. The third-order valence-corrected chi connectivity index (χ3v) is 5.84. The molecular weight excluding hydrogens is 228 g/mol. The highest BCUT2D eigenvalue weighted by atomic mass is 14.4. The maximum Gasteiger partial charge on any atom is -0.0297 e. The van der Waals surface area contributed by atoms with Gasteiger partial charge in [-0.1, -0.05) is 75.2 Å². The molecule has 0 saturated heterocycles. The van der Waals surface area contributed by atoms with Gasteiger partial charge < -0.3 is 0 Å². The van der Waals surface area contributed by atoms with Crippen LogP contribution in [-0.2, 0) is 0 Å². The van der Waals surface area contributed by atoms with E-state index in [1.165, 1.54) is 32.1 Å². The molecule has 0 aromatic carbocycles. The first kappa shape index (κ1) is 19.0. The highest BCUT2D eigenvalue weighted by molar-refractivity contribution is 4.89. The maximum atomic E-state index is 2.54. The third-order valence-electron chi connectivity index (χ3n) is 5.84. The van der Waals surface area contributed by atoms with E-state index >= 15 is 0 Å². The molecule has 0 aliphatic heterocycles. The van der Waals surface area contributed by atoms with Gasteiger partial charge in [-0.2, -0.15) is 0 Å². The Balaban J connectivity index is 5.01. The van der Waals surface area contributed by atoms with Gasteiger partial charge in [0.05, 0.1) is 0 Å². The predicted octanol–water partition coefficient (Wildman–Crippen LogP) is 6.94. The largest absolute Gasteiger partial charge is 0.0654 e. The molecule has 0 aromatic rings. The molecule has 0 rings (SSSR count). The molecule has 0 fully saturated rings. The Bertz CT molecular complexity index is 240. The van der Waals surface area contributed by atoms with Crippen molar-refractivity contribution in [2.75, 3.05) is 0 Å². The smallest absolute Gasteiger partial charge is 0.0297 e. The summed E-state index contributed by atoms with van der Waals surface area (Å²) in [6.45, 7) is 21.8. The lowest BCUT2D eigenvalue weighted by molar-refractivity contribution is 0.0476. The van der Waals surface area contributed by atoms with Gasteiger partial charge in [0.25, 0.3) is 0 Å². The lowest BCUT2D eigenvalue weighted by Gasteiger charge is -2.45. The summed E-state index contributed by atoms with van der Waals surface area (Å²) in [7, 11) is 0. The molecule has 0 N–H and O–H groups in total. The van der Waals surface area contributed by atoms with E-state index in [-0.39, 0.29) is 0 Å². The van der Waals surface area contributed by atoms with E-state index < -0.39 is 0 Å². The number of hydrogen-bond donors (Lipinski definition) is 0. The standard InChI is InChI=1S/C19H40/c1-10-12-19(9,16(5)6)14-18(8,11-2)17(7)13-15(3)4/h15-17H,10-14H2,1-9H3. The van der Waals surface area contributed by atoms with Crippen LogP contribution < -0.4 is 0 Å². The summed E-state index contributed by atoms with van der Waals surface area (Å²) in [4.78, 5) is 0. The van der Waals surface area contributed by atoms with Crippen LogP contribution in [-0.4, -0.2) is 0 Å². The zero-order valence-electron chi connectivity index (χ0n) is 15.3. The average molecular weight is 269 g/mol. The molecule has 3 unspecified atom stereocenters. The zero-order valence-corrected chi connectivity index (χ0v) is 15.3. The van der Waals surface area contributed by atoms with Crippen molar-refractivity contribution >= 4 is 0 Å². The van der Waals surface area contributed by atoms with Crippen molar-refractivity contribution in [1.29, 1.82) is 0 Å². The summed E-state index contributed by atoms with van der Waals surface area (Å²) in [5.41, 5.74) is 1.00. The highest BCUT2D eigenvalue weighted by Gasteiger charge is 2.39. The molecular formula is C19H40. The number of hydrogen-bond acceptors (Lipinski definition) is 0. The van der Waals surface area contributed by atoms with E-state index in [4.69, 9.17) is 0 Å². The Kier molecular flexibility index (Phi) is 7.70. The molecule has 0 aliphatic rings. The predicted molar refractivity (Wildman–Crippen MR) is 89.5 cm³/mol. The second kappa shape index (κ2) is 7.70. The minimum Gasteiger partial charge on any atom is -0.0654 e. The fraction of sp³-hybridized carbons (Fsp3) is 1.00. The SMILES string of the molecule is CCCC(C)(CC(C)(CC)C(C)CC(C)C)C(C)C. The van der Waals surface area contributed by atoms with Gasteiger partial charge >= 0.3 is 0 Å². The first-order chi connectivity index (χ1) is 8.61. The Morgan fingerprint density at radius 1 is 0.842 bits per heavy atom. The summed E-state index contributed by atoms with van der Waals surface area (Å²) < 4.78 is 0. The average Bonchev–Trinajstić information content (AvgIpc) is 2.27. The van der Waals surface area contributed by atoms with Crippen LogP contribution in [0.4, 0.5) is 0 Å². The fourth-order valence-electron chi connectivity index (χ4n) is 3.71. The fourth-order valence-corrected chi connectivity index (χ4v) is 3.71. The number of rotatable bonds is 9. The summed E-state index contributed by atoms with van der Waals surface area (Å²) in [6, 6.07) is 0. The van der Waals surface area contributed by atoms with Gasteiger partial charge in [-0.25, -0.2) is 0 Å². The van der Waals surface area contributed by atoms with Crippen molar-refractivity contribution in [3.05, 3.63) is 0 Å². The molecule has 116 valence electrons. The first-order valence-electron chi connectivity index (χ1n) is 8.61. The normalized spacial score (nSPS) is 20.4. The molecule has 0 heteroatoms. The van der Waals surface area contributed by atoms with E-state index in [1.54, 1.807) is 0 Å². The molecule has 3 atom stereocenters. The van der Waals surface area contributed by atoms with Crippen molar-refractivity contribution in [1.82, 2.24) is 0 Å². The van der Waals surface area contributed by atoms with Crippen LogP contribution in [0.25, 0.3) is 0 Å². The summed E-state index contributed by atoms with van der Waals surface area (Å²) in [6.07, 6.45) is 6.75. The van der Waals surface area contributed by atoms with Crippen LogP contribution in [0.3, 0.4) is 0 Å². The minimum absolute atomic E-state index is 0.498. The molecule has 0 aliphatic carbocycles. The van der Waals surface area contributed by atoms with Crippen molar-refractivity contribution in [3.8, 4) is 0 Å². The van der Waals surface area contributed by atoms with Crippen molar-refractivity contribution in [2.24, 2.45) is 28.6 Å². The Morgan fingerprint density at radius 3 is 1.68 bits per heavy atom. The van der Waals surface area contributed by atoms with Gasteiger partial charge in [0.2, 0.25) is 0 Å². The zero-order chi connectivity index (χ0) is 15.3. The molecule has 0 amide bonds. The monoisotopic (exact) mass is 268 g/mol. The Labute approximate surface area is 123 Å². The van der Waals surface area contributed by atoms with Crippen LogP contribution in [0.2, 0.25) is 0 Å². The molecule has 0 saturated carbocycles. The molecule has 0 bridgehead atoms. The van der Waals surface area contributed by atoms with Crippen LogP contribution in [0.15, 0.2) is 0 Å². The van der Waals surface area contributed by atoms with Gasteiger partial charge in [0, 0.05) is 0 Å². The molecule has 0 nitrogen and oxygen atoms in total. The van der Waals surface area contributed by atoms with E-state index in [0.717, 1.165) is 17.8 Å². The van der Waals surface area contributed by atoms with E-state index in [9.17, 15) is 0 Å².